The van der Waals surface area contributed by atoms with Gasteiger partial charge in [-0.1, -0.05) is 47.5 Å². The first kappa shape index (κ1) is 30.2. The minimum absolute atomic E-state index is 0.159. The van der Waals surface area contributed by atoms with E-state index in [1.54, 1.807) is 62.3 Å². The molecule has 0 saturated carbocycles. The Balaban J connectivity index is 1.91. The molecule has 1 heterocycles. The second-order valence-corrected chi connectivity index (χ2v) is 10.6. The van der Waals surface area contributed by atoms with E-state index in [1.807, 2.05) is 44.2 Å². The number of amidine groups is 1. The number of aliphatic imine (C=N–C) groups is 1. The summed E-state index contributed by atoms with van der Waals surface area (Å²) in [5, 5.41) is 3.94. The van der Waals surface area contributed by atoms with Crippen LogP contribution in [0.25, 0.3) is 0 Å². The third kappa shape index (κ3) is 6.94. The largest absolute Gasteiger partial charge is 0.497 e. The minimum Gasteiger partial charge on any atom is -0.497 e. The quantitative estimate of drug-likeness (QED) is 0.268. The number of esters is 1. The molecule has 1 aliphatic rings. The van der Waals surface area contributed by atoms with Crippen LogP contribution in [-0.4, -0.2) is 48.6 Å². The van der Waals surface area contributed by atoms with Crippen LogP contribution >= 0.6 is 23.2 Å². The second-order valence-electron chi connectivity index (χ2n) is 9.77. The molecule has 0 radical (unpaired) electrons. The number of benzene rings is 3. The number of ether oxygens (including phenoxy) is 3. The Morgan fingerprint density at radius 3 is 2.12 bits per heavy atom. The number of carbonyl (C=O) groups is 2. The van der Waals surface area contributed by atoms with E-state index in [4.69, 9.17) is 42.4 Å². The van der Waals surface area contributed by atoms with Gasteiger partial charge in [-0.25, -0.2) is 9.59 Å². The molecule has 0 bridgehead atoms. The molecule has 0 fully saturated rings. The molecule has 0 aliphatic carbocycles. The van der Waals surface area contributed by atoms with Crippen LogP contribution in [0.4, 0.5) is 4.79 Å². The van der Waals surface area contributed by atoms with Crippen LogP contribution in [0.3, 0.4) is 0 Å². The first-order chi connectivity index (χ1) is 19.6. The van der Waals surface area contributed by atoms with Crippen LogP contribution in [0.15, 0.2) is 71.7 Å². The van der Waals surface area contributed by atoms with Crippen molar-refractivity contribution in [1.82, 2.24) is 10.2 Å². The Labute approximate surface area is 250 Å². The lowest BCUT2D eigenvalue weighted by Crippen LogP contribution is -2.49. The molecule has 0 aromatic heterocycles. The highest BCUT2D eigenvalue weighted by Crippen LogP contribution is 2.45. The average molecular weight is 599 g/mol. The summed E-state index contributed by atoms with van der Waals surface area (Å²) in [6.07, 6.45) is -0.159. The normalized spacial score (nSPS) is 17.2. The third-order valence-electron chi connectivity index (χ3n) is 6.48. The van der Waals surface area contributed by atoms with E-state index in [1.165, 1.54) is 0 Å². The Morgan fingerprint density at radius 1 is 0.951 bits per heavy atom. The van der Waals surface area contributed by atoms with Gasteiger partial charge in [0.1, 0.15) is 29.4 Å². The molecular weight excluding hydrogens is 565 g/mol. The van der Waals surface area contributed by atoms with E-state index in [0.29, 0.717) is 32.9 Å². The zero-order valence-corrected chi connectivity index (χ0v) is 25.1. The van der Waals surface area contributed by atoms with Crippen LogP contribution in [0, 0.1) is 0 Å². The fraction of sp³-hybridized carbons (Fsp3) is 0.323. The summed E-state index contributed by atoms with van der Waals surface area (Å²) in [6, 6.07) is 17.5. The van der Waals surface area contributed by atoms with E-state index in [2.05, 4.69) is 5.32 Å². The lowest BCUT2D eigenvalue weighted by Gasteiger charge is -2.31. The molecule has 216 valence electrons. The fourth-order valence-electron chi connectivity index (χ4n) is 4.61. The number of nitrogens with one attached hydrogen (secondary N) is 1. The maximum absolute atomic E-state index is 14.1. The van der Waals surface area contributed by atoms with Gasteiger partial charge in [-0.15, -0.1) is 0 Å². The summed E-state index contributed by atoms with van der Waals surface area (Å²) in [5.74, 6) is 0.931. The highest BCUT2D eigenvalue weighted by Gasteiger charge is 2.44. The van der Waals surface area contributed by atoms with Crippen LogP contribution in [0.5, 0.6) is 11.5 Å². The number of amides is 2. The lowest BCUT2D eigenvalue weighted by atomic mass is 9.94. The van der Waals surface area contributed by atoms with Crippen molar-refractivity contribution in [2.24, 2.45) is 4.99 Å². The van der Waals surface area contributed by atoms with Gasteiger partial charge in [0, 0.05) is 16.1 Å². The molecule has 0 saturated heterocycles. The molecule has 3 aromatic rings. The van der Waals surface area contributed by atoms with Gasteiger partial charge in [0.2, 0.25) is 0 Å². The fourth-order valence-corrected chi connectivity index (χ4v) is 4.87. The summed E-state index contributed by atoms with van der Waals surface area (Å²) in [5.41, 5.74) is 2.24. The molecule has 0 spiro atoms. The Hall–Kier alpha value is -3.75. The van der Waals surface area contributed by atoms with Crippen LogP contribution < -0.4 is 14.8 Å². The summed E-state index contributed by atoms with van der Waals surface area (Å²) in [7, 11) is 1.57. The monoisotopic (exact) mass is 597 g/mol. The molecule has 3 aromatic carbocycles. The SMILES string of the molecule is CCOC(=O)[C@H](C)NC(=O)N1C(c2ccc(OC)cc2OC(C)C)=N[C@H](c2ccc(Cl)cc2)[C@@H]1c1ccc(Cl)cc1. The van der Waals surface area contributed by atoms with Crippen molar-refractivity contribution in [3.8, 4) is 11.5 Å². The molecule has 1 N–H and O–H groups in total. The van der Waals surface area contributed by atoms with Crippen LogP contribution in [-0.2, 0) is 9.53 Å². The highest BCUT2D eigenvalue weighted by atomic mass is 35.5. The van der Waals surface area contributed by atoms with Crippen molar-refractivity contribution in [1.29, 1.82) is 0 Å². The van der Waals surface area contributed by atoms with Gasteiger partial charge >= 0.3 is 12.0 Å². The van der Waals surface area contributed by atoms with Crippen molar-refractivity contribution in [2.75, 3.05) is 13.7 Å². The number of nitrogens with zero attached hydrogens (tertiary/aromatic N) is 2. The van der Waals surface area contributed by atoms with E-state index in [9.17, 15) is 9.59 Å². The maximum Gasteiger partial charge on any atom is 0.328 e. The zero-order valence-electron chi connectivity index (χ0n) is 23.6. The molecule has 10 heteroatoms. The summed E-state index contributed by atoms with van der Waals surface area (Å²) in [4.78, 5) is 33.2. The number of carbonyl (C=O) groups excluding carboxylic acids is 2. The molecule has 3 atom stereocenters. The number of urea groups is 1. The average Bonchev–Trinajstić information content (AvgIpc) is 3.34. The van der Waals surface area contributed by atoms with Gasteiger partial charge in [0.05, 0.1) is 31.4 Å². The highest BCUT2D eigenvalue weighted by molar-refractivity contribution is 6.30. The summed E-state index contributed by atoms with van der Waals surface area (Å²) >= 11 is 12.4. The van der Waals surface area contributed by atoms with Crippen molar-refractivity contribution in [3.05, 3.63) is 93.5 Å². The Bertz CT molecular complexity index is 1410. The van der Waals surface area contributed by atoms with Crippen molar-refractivity contribution < 1.29 is 23.8 Å². The molecule has 8 nitrogen and oxygen atoms in total. The Morgan fingerprint density at radius 2 is 1.56 bits per heavy atom. The Kier molecular flexibility index (Phi) is 9.78. The van der Waals surface area contributed by atoms with E-state index in [0.717, 1.165) is 11.1 Å². The minimum atomic E-state index is -0.897. The van der Waals surface area contributed by atoms with Gasteiger partial charge in [-0.2, -0.15) is 0 Å². The first-order valence-corrected chi connectivity index (χ1v) is 14.1. The molecular formula is C31H33Cl2N3O5. The standard InChI is InChI=1S/C31H33Cl2N3O5/c1-6-40-30(37)19(4)34-31(38)36-28(21-9-13-23(33)14-10-21)27(20-7-11-22(32)12-8-20)35-29(36)25-16-15-24(39-5)17-26(25)41-18(2)3/h7-19,27-28H,6H2,1-5H3,(H,34,38)/t19-,27+,28-/m0/s1. The molecule has 0 unspecified atom stereocenters. The topological polar surface area (TPSA) is 89.5 Å². The van der Waals surface area contributed by atoms with E-state index in [-0.39, 0.29) is 12.7 Å². The lowest BCUT2D eigenvalue weighted by molar-refractivity contribution is -0.144. The van der Waals surface area contributed by atoms with Gasteiger partial charge in [-0.05, 0) is 75.2 Å². The molecule has 2 amide bonds. The summed E-state index contributed by atoms with van der Waals surface area (Å²) in [6.45, 7) is 7.32. The van der Waals surface area contributed by atoms with E-state index < -0.39 is 30.1 Å². The third-order valence-corrected chi connectivity index (χ3v) is 6.99. The molecule has 41 heavy (non-hydrogen) atoms. The zero-order chi connectivity index (χ0) is 29.7. The summed E-state index contributed by atoms with van der Waals surface area (Å²) < 4.78 is 16.7. The number of hydrogen-bond acceptors (Lipinski definition) is 6. The smallest absolute Gasteiger partial charge is 0.328 e. The predicted molar refractivity (Wildman–Crippen MR) is 160 cm³/mol. The predicted octanol–water partition coefficient (Wildman–Crippen LogP) is 7.00. The first-order valence-electron chi connectivity index (χ1n) is 13.3. The van der Waals surface area contributed by atoms with E-state index >= 15 is 0 Å². The maximum atomic E-state index is 14.1. The number of rotatable bonds is 9. The number of hydrogen-bond donors (Lipinski definition) is 1. The van der Waals surface area contributed by atoms with Crippen molar-refractivity contribution in [2.45, 2.75) is 51.9 Å². The van der Waals surface area contributed by atoms with Crippen molar-refractivity contribution in [3.63, 3.8) is 0 Å². The van der Waals surface area contributed by atoms with Crippen LogP contribution in [0.1, 0.15) is 56.5 Å². The molecule has 4 rings (SSSR count). The number of halogens is 2. The van der Waals surface area contributed by atoms with Crippen molar-refractivity contribution >= 4 is 41.0 Å². The van der Waals surface area contributed by atoms with Gasteiger partial charge in [-0.3, -0.25) is 9.89 Å². The van der Waals surface area contributed by atoms with Gasteiger partial charge in [0.25, 0.3) is 0 Å². The van der Waals surface area contributed by atoms with Gasteiger partial charge < -0.3 is 19.5 Å². The number of methoxy groups -OCH3 is 1. The molecule has 1 aliphatic heterocycles. The van der Waals surface area contributed by atoms with Gasteiger partial charge in [0.15, 0.2) is 0 Å². The van der Waals surface area contributed by atoms with Crippen LogP contribution in [0.2, 0.25) is 10.0 Å². The second kappa shape index (κ2) is 13.3.